The average Bonchev–Trinajstić information content (AvgIpc) is 2.80. The highest BCUT2D eigenvalue weighted by Crippen LogP contribution is 2.35. The molecule has 1 aromatic carbocycles. The van der Waals surface area contributed by atoms with Gasteiger partial charge in [0.2, 0.25) is 25.7 Å². The van der Waals surface area contributed by atoms with Gasteiger partial charge in [-0.2, -0.15) is 4.31 Å². The molecule has 136 valence electrons. The van der Waals surface area contributed by atoms with Gasteiger partial charge >= 0.3 is 0 Å². The van der Waals surface area contributed by atoms with E-state index in [0.717, 1.165) is 10.4 Å². The molecule has 3 rings (SSSR count). The van der Waals surface area contributed by atoms with Crippen LogP contribution < -0.4 is 15.4 Å². The zero-order chi connectivity index (χ0) is 18.6. The van der Waals surface area contributed by atoms with E-state index < -0.39 is 24.9 Å². The second-order valence-corrected chi connectivity index (χ2v) is 9.08. The molecule has 0 amide bonds. The summed E-state index contributed by atoms with van der Waals surface area (Å²) in [6.45, 7) is 1.05. The normalized spacial score (nSPS) is 17.1. The highest BCUT2D eigenvalue weighted by atomic mass is 35.5. The standard InChI is InChI=1S/C11H12ClN5O6S2/c1-6-9(15-23-17(6)18)4-16-5-14-8-2-7(12)10(24(13,19)20)3-11(8)25(16,21)22/h2-3,14H,4-5H2,1H3,(H2,13,19,20). The van der Waals surface area contributed by atoms with Crippen LogP contribution in [0.2, 0.25) is 5.02 Å². The van der Waals surface area contributed by atoms with E-state index in [1.54, 1.807) is 0 Å². The summed E-state index contributed by atoms with van der Waals surface area (Å²) >= 11 is 5.86. The first-order valence-corrected chi connectivity index (χ1v) is 10.0. The van der Waals surface area contributed by atoms with Crippen molar-refractivity contribution in [3.05, 3.63) is 33.8 Å². The summed E-state index contributed by atoms with van der Waals surface area (Å²) in [4.78, 5) is -0.648. The molecule has 1 aliphatic rings. The van der Waals surface area contributed by atoms with E-state index in [2.05, 4.69) is 15.1 Å². The van der Waals surface area contributed by atoms with Gasteiger partial charge < -0.3 is 10.5 Å². The Morgan fingerprint density at radius 3 is 2.76 bits per heavy atom. The van der Waals surface area contributed by atoms with E-state index in [1.165, 1.54) is 13.0 Å². The maximum atomic E-state index is 12.8. The molecule has 25 heavy (non-hydrogen) atoms. The lowest BCUT2D eigenvalue weighted by Crippen LogP contribution is -2.40. The molecule has 0 saturated carbocycles. The zero-order valence-corrected chi connectivity index (χ0v) is 15.0. The van der Waals surface area contributed by atoms with Gasteiger partial charge in [-0.1, -0.05) is 11.6 Å². The van der Waals surface area contributed by atoms with Gasteiger partial charge in [0.05, 0.1) is 23.9 Å². The SMILES string of the molecule is Cc1c(CN2CNc3cc(Cl)c(S(N)(=O)=O)cc3S2(=O)=O)no[n+]1[O-]. The lowest BCUT2D eigenvalue weighted by molar-refractivity contribution is -0.806. The molecule has 2 heterocycles. The first kappa shape index (κ1) is 17.9. The van der Waals surface area contributed by atoms with Crippen LogP contribution in [0.5, 0.6) is 0 Å². The fraction of sp³-hybridized carbons (Fsp3) is 0.273. The summed E-state index contributed by atoms with van der Waals surface area (Å²) in [6, 6.07) is 2.07. The molecule has 1 aliphatic heterocycles. The van der Waals surface area contributed by atoms with Crippen molar-refractivity contribution in [1.82, 2.24) is 9.46 Å². The maximum absolute atomic E-state index is 12.8. The van der Waals surface area contributed by atoms with Crippen molar-refractivity contribution in [3.63, 3.8) is 0 Å². The molecule has 0 spiro atoms. The summed E-state index contributed by atoms with van der Waals surface area (Å²) < 4.78 is 54.1. The number of anilines is 1. The number of hydrogen-bond acceptors (Lipinski definition) is 8. The highest BCUT2D eigenvalue weighted by Gasteiger charge is 2.35. The molecule has 0 bridgehead atoms. The van der Waals surface area contributed by atoms with E-state index in [9.17, 15) is 22.0 Å². The second-order valence-electron chi connectivity index (χ2n) is 5.24. The zero-order valence-electron chi connectivity index (χ0n) is 12.6. The Labute approximate surface area is 147 Å². The van der Waals surface area contributed by atoms with Crippen molar-refractivity contribution >= 4 is 37.3 Å². The highest BCUT2D eigenvalue weighted by molar-refractivity contribution is 7.90. The lowest BCUT2D eigenvalue weighted by atomic mass is 10.3. The van der Waals surface area contributed by atoms with Crippen LogP contribution in [-0.2, 0) is 26.6 Å². The van der Waals surface area contributed by atoms with Crippen molar-refractivity contribution in [2.45, 2.75) is 23.3 Å². The Kier molecular flexibility index (Phi) is 4.15. The van der Waals surface area contributed by atoms with Gasteiger partial charge in [0.15, 0.2) is 5.69 Å². The van der Waals surface area contributed by atoms with Gasteiger partial charge in [-0.05, 0) is 17.0 Å². The van der Waals surface area contributed by atoms with Crippen molar-refractivity contribution in [1.29, 1.82) is 0 Å². The number of rotatable bonds is 3. The summed E-state index contributed by atoms with van der Waals surface area (Å²) in [5.41, 5.74) is 0.385. The minimum atomic E-state index is -4.21. The van der Waals surface area contributed by atoms with Gasteiger partial charge in [0.1, 0.15) is 9.79 Å². The van der Waals surface area contributed by atoms with Crippen LogP contribution in [0.25, 0.3) is 0 Å². The van der Waals surface area contributed by atoms with Crippen LogP contribution in [0.1, 0.15) is 11.4 Å². The van der Waals surface area contributed by atoms with E-state index in [0.29, 0.717) is 0 Å². The third kappa shape index (κ3) is 3.04. The molecule has 2 aromatic rings. The number of nitrogens with one attached hydrogen (secondary N) is 1. The van der Waals surface area contributed by atoms with Crippen molar-refractivity contribution in [2.24, 2.45) is 5.14 Å². The van der Waals surface area contributed by atoms with E-state index in [-0.39, 0.29) is 45.1 Å². The fourth-order valence-electron chi connectivity index (χ4n) is 2.27. The van der Waals surface area contributed by atoms with E-state index in [4.69, 9.17) is 16.7 Å². The molecule has 0 fully saturated rings. The number of aromatic nitrogens is 2. The first-order chi connectivity index (χ1) is 11.5. The monoisotopic (exact) mass is 409 g/mol. The number of halogens is 1. The third-order valence-electron chi connectivity index (χ3n) is 3.65. The molecular weight excluding hydrogens is 398 g/mol. The number of nitrogens with two attached hydrogens (primary N) is 1. The number of benzene rings is 1. The van der Waals surface area contributed by atoms with Crippen LogP contribution >= 0.6 is 11.6 Å². The Hall–Kier alpha value is -1.93. The molecule has 0 unspecified atom stereocenters. The largest absolute Gasteiger partial charge is 0.370 e. The first-order valence-electron chi connectivity index (χ1n) is 6.67. The maximum Gasteiger partial charge on any atom is 0.247 e. The van der Waals surface area contributed by atoms with Gasteiger partial charge in [-0.15, -0.1) is 0 Å². The molecule has 0 atom stereocenters. The predicted molar refractivity (Wildman–Crippen MR) is 84.2 cm³/mol. The quantitative estimate of drug-likeness (QED) is 0.640. The molecule has 0 radical (unpaired) electrons. The Morgan fingerprint density at radius 2 is 2.20 bits per heavy atom. The predicted octanol–water partition coefficient (Wildman–Crippen LogP) is -0.509. The summed E-state index contributed by atoms with van der Waals surface area (Å²) in [5.74, 6) is 0. The van der Waals surface area contributed by atoms with Gasteiger partial charge in [0, 0.05) is 12.1 Å². The molecule has 3 N–H and O–H groups in total. The van der Waals surface area contributed by atoms with Crippen LogP contribution in [-0.4, -0.2) is 33.0 Å². The van der Waals surface area contributed by atoms with Gasteiger partial charge in [-0.25, -0.2) is 22.0 Å². The van der Waals surface area contributed by atoms with Crippen LogP contribution in [0.3, 0.4) is 0 Å². The van der Waals surface area contributed by atoms with Gasteiger partial charge in [-0.3, -0.25) is 4.63 Å². The minimum absolute atomic E-state index is 0.113. The van der Waals surface area contributed by atoms with E-state index in [1.807, 2.05) is 0 Å². The average molecular weight is 410 g/mol. The van der Waals surface area contributed by atoms with Crippen molar-refractivity contribution in [2.75, 3.05) is 12.0 Å². The molecular formula is C11H12ClN5O6S2. The Bertz CT molecular complexity index is 1060. The number of nitrogens with zero attached hydrogens (tertiary/aromatic N) is 3. The third-order valence-corrected chi connectivity index (χ3v) is 6.85. The van der Waals surface area contributed by atoms with Gasteiger partial charge in [0.25, 0.3) is 0 Å². The Morgan fingerprint density at radius 1 is 1.52 bits per heavy atom. The molecule has 0 aliphatic carbocycles. The van der Waals surface area contributed by atoms with Crippen LogP contribution in [0.4, 0.5) is 5.69 Å². The topological polar surface area (TPSA) is 163 Å². The smallest absolute Gasteiger partial charge is 0.247 e. The van der Waals surface area contributed by atoms with Crippen LogP contribution in [0, 0.1) is 12.1 Å². The molecule has 1 aromatic heterocycles. The summed E-state index contributed by atoms with van der Waals surface area (Å²) in [6.07, 6.45) is 0. The summed E-state index contributed by atoms with van der Waals surface area (Å²) in [7, 11) is -8.30. The summed E-state index contributed by atoms with van der Waals surface area (Å²) in [5, 5.41) is 22.4. The van der Waals surface area contributed by atoms with E-state index >= 15 is 0 Å². The molecule has 11 nitrogen and oxygen atoms in total. The fourth-order valence-corrected chi connectivity index (χ4v) is 4.93. The molecule has 0 saturated heterocycles. The van der Waals surface area contributed by atoms with Crippen molar-refractivity contribution in [3.8, 4) is 0 Å². The Balaban J connectivity index is 2.06. The minimum Gasteiger partial charge on any atom is -0.370 e. The van der Waals surface area contributed by atoms with Crippen LogP contribution in [0.15, 0.2) is 26.6 Å². The van der Waals surface area contributed by atoms with Crippen molar-refractivity contribution < 1.29 is 26.4 Å². The number of primary sulfonamides is 1. The number of sulfonamides is 2. The number of fused-ring (bicyclic) bond motifs is 1. The molecule has 14 heteroatoms. The lowest BCUT2D eigenvalue weighted by Gasteiger charge is -2.28. The number of hydrogen-bond donors (Lipinski definition) is 2. The second kappa shape index (κ2) is 5.81.